The van der Waals surface area contributed by atoms with Gasteiger partial charge in [-0.3, -0.25) is 0 Å². The Kier molecular flexibility index (Phi) is 4.09. The summed E-state index contributed by atoms with van der Waals surface area (Å²) in [6.07, 6.45) is 0. The summed E-state index contributed by atoms with van der Waals surface area (Å²) < 4.78 is 19.8. The van der Waals surface area contributed by atoms with Gasteiger partial charge in [-0.1, -0.05) is 18.2 Å². The van der Waals surface area contributed by atoms with Gasteiger partial charge in [-0.05, 0) is 62.1 Å². The highest BCUT2D eigenvalue weighted by Gasteiger charge is 2.12. The maximum Gasteiger partial charge on any atom is 0.166 e. The molecule has 0 fully saturated rings. The monoisotopic (exact) mass is 273 g/mol. The van der Waals surface area contributed by atoms with Crippen LogP contribution < -0.4 is 10.5 Å². The summed E-state index contributed by atoms with van der Waals surface area (Å²) >= 11 is 0. The molecule has 3 heteroatoms. The molecule has 0 spiro atoms. The number of aryl methyl sites for hydroxylation is 2. The quantitative estimate of drug-likeness (QED) is 0.889. The van der Waals surface area contributed by atoms with Gasteiger partial charge in [-0.2, -0.15) is 0 Å². The molecular formula is C17H20FNO. The third-order valence-electron chi connectivity index (χ3n) is 3.57. The van der Waals surface area contributed by atoms with Crippen LogP contribution >= 0.6 is 0 Å². The molecule has 0 aliphatic rings. The van der Waals surface area contributed by atoms with Crippen LogP contribution in [0.2, 0.25) is 0 Å². The molecule has 0 heterocycles. The highest BCUT2D eigenvalue weighted by atomic mass is 19.1. The summed E-state index contributed by atoms with van der Waals surface area (Å²) in [5.41, 5.74) is 9.64. The normalized spacial score (nSPS) is 12.3. The molecule has 0 aliphatic carbocycles. The molecule has 2 aromatic carbocycles. The van der Waals surface area contributed by atoms with Crippen molar-refractivity contribution in [3.63, 3.8) is 0 Å². The number of halogens is 1. The van der Waals surface area contributed by atoms with Gasteiger partial charge in [0.25, 0.3) is 0 Å². The van der Waals surface area contributed by atoms with E-state index >= 15 is 0 Å². The Balaban J connectivity index is 2.38. The Hall–Kier alpha value is -1.87. The summed E-state index contributed by atoms with van der Waals surface area (Å²) in [6.45, 7) is 7.77. The first-order chi connectivity index (χ1) is 9.40. The maximum atomic E-state index is 14.1. The molecule has 0 unspecified atom stereocenters. The van der Waals surface area contributed by atoms with Gasteiger partial charge in [0, 0.05) is 6.04 Å². The predicted molar refractivity (Wildman–Crippen MR) is 79.7 cm³/mol. The topological polar surface area (TPSA) is 35.2 Å². The zero-order chi connectivity index (χ0) is 14.9. The number of nitrogens with two attached hydrogens (primary N) is 1. The molecule has 0 amide bonds. The highest BCUT2D eigenvalue weighted by Crippen LogP contribution is 2.32. The van der Waals surface area contributed by atoms with E-state index in [1.807, 2.05) is 39.8 Å². The van der Waals surface area contributed by atoms with Gasteiger partial charge < -0.3 is 10.5 Å². The molecule has 0 radical (unpaired) electrons. The lowest BCUT2D eigenvalue weighted by atomic mass is 10.1. The van der Waals surface area contributed by atoms with E-state index in [1.54, 1.807) is 12.1 Å². The minimum Gasteiger partial charge on any atom is -0.454 e. The second kappa shape index (κ2) is 5.63. The van der Waals surface area contributed by atoms with Crippen LogP contribution in [0.15, 0.2) is 30.3 Å². The maximum absolute atomic E-state index is 14.1. The Bertz CT molecular complexity index is 635. The van der Waals surface area contributed by atoms with Crippen LogP contribution in [0.1, 0.15) is 35.2 Å². The first kappa shape index (κ1) is 14.5. The average Bonchev–Trinajstić information content (AvgIpc) is 2.40. The van der Waals surface area contributed by atoms with Crippen LogP contribution in [-0.4, -0.2) is 0 Å². The van der Waals surface area contributed by atoms with E-state index in [0.717, 1.165) is 28.0 Å². The standard InChI is InChI=1S/C17H20FNO/c1-10-5-6-11(2)17(12(10)3)20-16-8-7-14(13(4)19)9-15(16)18/h5-9,13H,19H2,1-4H3/t13-/m1/s1. The molecule has 2 N–H and O–H groups in total. The largest absolute Gasteiger partial charge is 0.454 e. The lowest BCUT2D eigenvalue weighted by Crippen LogP contribution is -2.05. The smallest absolute Gasteiger partial charge is 0.166 e. The molecule has 1 atom stereocenters. The number of hydrogen-bond acceptors (Lipinski definition) is 2. The second-order valence-electron chi connectivity index (χ2n) is 5.23. The van der Waals surface area contributed by atoms with E-state index in [1.165, 1.54) is 6.07 Å². The Morgan fingerprint density at radius 3 is 2.30 bits per heavy atom. The fourth-order valence-electron chi connectivity index (χ4n) is 2.08. The van der Waals surface area contributed by atoms with Crippen LogP contribution in [0.5, 0.6) is 11.5 Å². The number of rotatable bonds is 3. The second-order valence-corrected chi connectivity index (χ2v) is 5.23. The number of ether oxygens (including phenoxy) is 1. The van der Waals surface area contributed by atoms with Gasteiger partial charge in [-0.15, -0.1) is 0 Å². The molecule has 2 nitrogen and oxygen atoms in total. The molecule has 20 heavy (non-hydrogen) atoms. The van der Waals surface area contributed by atoms with Gasteiger partial charge in [-0.25, -0.2) is 4.39 Å². The van der Waals surface area contributed by atoms with Crippen molar-refractivity contribution in [2.45, 2.75) is 33.7 Å². The van der Waals surface area contributed by atoms with Crippen LogP contribution in [0.3, 0.4) is 0 Å². The lowest BCUT2D eigenvalue weighted by molar-refractivity contribution is 0.435. The van der Waals surface area contributed by atoms with Crippen molar-refractivity contribution < 1.29 is 9.13 Å². The lowest BCUT2D eigenvalue weighted by Gasteiger charge is -2.15. The van der Waals surface area contributed by atoms with Gasteiger partial charge in [0.05, 0.1) is 0 Å². The molecule has 106 valence electrons. The fraction of sp³-hybridized carbons (Fsp3) is 0.294. The van der Waals surface area contributed by atoms with Crippen LogP contribution in [-0.2, 0) is 0 Å². The van der Waals surface area contributed by atoms with E-state index in [0.29, 0.717) is 0 Å². The number of hydrogen-bond donors (Lipinski definition) is 1. The van der Waals surface area contributed by atoms with Crippen LogP contribution in [0.4, 0.5) is 4.39 Å². The van der Waals surface area contributed by atoms with Crippen LogP contribution in [0.25, 0.3) is 0 Å². The van der Waals surface area contributed by atoms with Crippen LogP contribution in [0, 0.1) is 26.6 Å². The zero-order valence-electron chi connectivity index (χ0n) is 12.3. The molecule has 2 aromatic rings. The molecular weight excluding hydrogens is 253 g/mol. The van der Waals surface area contributed by atoms with E-state index in [4.69, 9.17) is 10.5 Å². The first-order valence-electron chi connectivity index (χ1n) is 6.70. The molecule has 0 aliphatic heterocycles. The first-order valence-corrected chi connectivity index (χ1v) is 6.70. The average molecular weight is 273 g/mol. The summed E-state index contributed by atoms with van der Waals surface area (Å²) in [4.78, 5) is 0. The third kappa shape index (κ3) is 2.83. The summed E-state index contributed by atoms with van der Waals surface area (Å²) in [5, 5.41) is 0. The Morgan fingerprint density at radius 1 is 1.05 bits per heavy atom. The van der Waals surface area contributed by atoms with Crippen molar-refractivity contribution in [1.29, 1.82) is 0 Å². The van der Waals surface area contributed by atoms with E-state index < -0.39 is 0 Å². The number of benzene rings is 2. The summed E-state index contributed by atoms with van der Waals surface area (Å²) in [7, 11) is 0. The fourth-order valence-corrected chi connectivity index (χ4v) is 2.08. The van der Waals surface area contributed by atoms with Crippen molar-refractivity contribution in [1.82, 2.24) is 0 Å². The van der Waals surface area contributed by atoms with Gasteiger partial charge in [0.1, 0.15) is 5.75 Å². The molecule has 0 saturated heterocycles. The SMILES string of the molecule is Cc1ccc(C)c(Oc2ccc([C@@H](C)N)cc2F)c1C. The minimum atomic E-state index is -0.389. The van der Waals surface area contributed by atoms with Crippen molar-refractivity contribution in [2.24, 2.45) is 5.73 Å². The zero-order valence-corrected chi connectivity index (χ0v) is 12.3. The van der Waals surface area contributed by atoms with Crippen molar-refractivity contribution >= 4 is 0 Å². The summed E-state index contributed by atoms with van der Waals surface area (Å²) in [6, 6.07) is 8.68. The van der Waals surface area contributed by atoms with Crippen molar-refractivity contribution in [3.05, 3.63) is 58.4 Å². The van der Waals surface area contributed by atoms with E-state index in [9.17, 15) is 4.39 Å². The van der Waals surface area contributed by atoms with Gasteiger partial charge in [0.15, 0.2) is 11.6 Å². The highest BCUT2D eigenvalue weighted by molar-refractivity contribution is 5.47. The van der Waals surface area contributed by atoms with E-state index in [2.05, 4.69) is 0 Å². The van der Waals surface area contributed by atoms with E-state index in [-0.39, 0.29) is 17.6 Å². The van der Waals surface area contributed by atoms with Gasteiger partial charge in [0.2, 0.25) is 0 Å². The molecule has 0 saturated carbocycles. The molecule has 2 rings (SSSR count). The summed E-state index contributed by atoms with van der Waals surface area (Å²) in [5.74, 6) is 0.559. The Morgan fingerprint density at radius 2 is 1.70 bits per heavy atom. The Labute approximate surface area is 119 Å². The minimum absolute atomic E-state index is 0.194. The van der Waals surface area contributed by atoms with Gasteiger partial charge >= 0.3 is 0 Å². The molecule has 0 aromatic heterocycles. The van der Waals surface area contributed by atoms with Crippen molar-refractivity contribution in [3.8, 4) is 11.5 Å². The third-order valence-corrected chi connectivity index (χ3v) is 3.57. The van der Waals surface area contributed by atoms with Crippen molar-refractivity contribution in [2.75, 3.05) is 0 Å². The predicted octanol–water partition coefficient (Wildman–Crippen LogP) is 4.56. The molecule has 0 bridgehead atoms.